The average Bonchev–Trinajstić information content (AvgIpc) is 3.09. The summed E-state index contributed by atoms with van der Waals surface area (Å²) in [4.78, 5) is 14.2. The molecule has 1 unspecified atom stereocenters. The van der Waals surface area contributed by atoms with Crippen molar-refractivity contribution in [2.75, 3.05) is 19.7 Å². The highest BCUT2D eigenvalue weighted by Crippen LogP contribution is 2.31. The van der Waals surface area contributed by atoms with Crippen LogP contribution in [0.5, 0.6) is 11.5 Å². The molecule has 2 aliphatic heterocycles. The smallest absolute Gasteiger partial charge is 0.267 e. The van der Waals surface area contributed by atoms with Crippen LogP contribution in [-0.2, 0) is 16.1 Å². The van der Waals surface area contributed by atoms with Gasteiger partial charge in [-0.15, -0.1) is 10.2 Å². The molecule has 1 aromatic carbocycles. The molecule has 0 spiro atoms. The summed E-state index contributed by atoms with van der Waals surface area (Å²) in [5.41, 5.74) is 0. The molecule has 1 aromatic heterocycles. The van der Waals surface area contributed by atoms with Crippen molar-refractivity contribution in [3.8, 4) is 11.5 Å². The quantitative estimate of drug-likeness (QED) is 0.804. The van der Waals surface area contributed by atoms with Gasteiger partial charge in [-0.3, -0.25) is 4.79 Å². The van der Waals surface area contributed by atoms with Gasteiger partial charge in [0, 0.05) is 19.0 Å². The number of nitrogens with zero attached hydrogens (tertiary/aromatic N) is 3. The number of likely N-dealkylation sites (tertiary alicyclic amines) is 1. The van der Waals surface area contributed by atoms with Crippen molar-refractivity contribution in [3.05, 3.63) is 36.0 Å². The fraction of sp³-hybridized carbons (Fsp3) is 0.500. The summed E-state index contributed by atoms with van der Waals surface area (Å²) in [6.45, 7) is 5.49. The summed E-state index contributed by atoms with van der Waals surface area (Å²) >= 11 is 0. The third-order valence-electron chi connectivity index (χ3n) is 4.36. The van der Waals surface area contributed by atoms with Gasteiger partial charge in [-0.1, -0.05) is 26.0 Å². The highest BCUT2D eigenvalue weighted by Gasteiger charge is 2.38. The first-order valence-electron chi connectivity index (χ1n) is 8.71. The Labute approximate surface area is 151 Å². The Balaban J connectivity index is 1.24. The molecule has 138 valence electrons. The van der Waals surface area contributed by atoms with Gasteiger partial charge in [-0.2, -0.15) is 0 Å². The Morgan fingerprint density at radius 1 is 1.27 bits per heavy atom. The molecule has 8 nitrogen and oxygen atoms in total. The van der Waals surface area contributed by atoms with E-state index in [1.807, 2.05) is 32.0 Å². The van der Waals surface area contributed by atoms with E-state index in [4.69, 9.17) is 18.6 Å². The van der Waals surface area contributed by atoms with Gasteiger partial charge < -0.3 is 23.5 Å². The first-order chi connectivity index (χ1) is 12.6. The number of aromatic nitrogens is 2. The Hall–Kier alpha value is -2.61. The first kappa shape index (κ1) is 16.8. The van der Waals surface area contributed by atoms with Crippen LogP contribution in [0.15, 0.2) is 28.7 Å². The number of ether oxygens (including phenoxy) is 3. The number of fused-ring (bicyclic) bond motifs is 1. The largest absolute Gasteiger partial charge is 0.485 e. The minimum atomic E-state index is -0.615. The van der Waals surface area contributed by atoms with Crippen LogP contribution in [0.25, 0.3) is 0 Å². The second kappa shape index (κ2) is 6.95. The third kappa shape index (κ3) is 3.37. The normalized spacial score (nSPS) is 19.5. The number of para-hydroxylation sites is 2. The molecule has 3 heterocycles. The van der Waals surface area contributed by atoms with Gasteiger partial charge in [0.1, 0.15) is 13.2 Å². The topological polar surface area (TPSA) is 86.9 Å². The molecule has 0 bridgehead atoms. The van der Waals surface area contributed by atoms with E-state index in [1.165, 1.54) is 0 Å². The van der Waals surface area contributed by atoms with Crippen molar-refractivity contribution in [3.63, 3.8) is 0 Å². The summed E-state index contributed by atoms with van der Waals surface area (Å²) in [6.07, 6.45) is -0.652. The summed E-state index contributed by atoms with van der Waals surface area (Å²) in [5, 5.41) is 7.93. The van der Waals surface area contributed by atoms with Crippen molar-refractivity contribution in [1.82, 2.24) is 15.1 Å². The second-order valence-electron chi connectivity index (χ2n) is 6.73. The van der Waals surface area contributed by atoms with E-state index < -0.39 is 6.10 Å². The third-order valence-corrected chi connectivity index (χ3v) is 4.36. The summed E-state index contributed by atoms with van der Waals surface area (Å²) in [5.74, 6) is 2.43. The fourth-order valence-electron chi connectivity index (χ4n) is 2.82. The molecule has 1 fully saturated rings. The van der Waals surface area contributed by atoms with E-state index >= 15 is 0 Å². The van der Waals surface area contributed by atoms with Crippen LogP contribution >= 0.6 is 0 Å². The summed E-state index contributed by atoms with van der Waals surface area (Å²) < 4.78 is 22.6. The molecule has 0 saturated carbocycles. The number of amides is 1. The van der Waals surface area contributed by atoms with Crippen molar-refractivity contribution < 1.29 is 23.4 Å². The highest BCUT2D eigenvalue weighted by atomic mass is 16.6. The van der Waals surface area contributed by atoms with E-state index in [1.54, 1.807) is 11.0 Å². The van der Waals surface area contributed by atoms with E-state index in [-0.39, 0.29) is 31.1 Å². The number of carbonyl (C=O) groups is 1. The van der Waals surface area contributed by atoms with Gasteiger partial charge in [-0.25, -0.2) is 0 Å². The minimum absolute atomic E-state index is 0.0369. The van der Waals surface area contributed by atoms with Crippen LogP contribution in [-0.4, -0.2) is 52.9 Å². The van der Waals surface area contributed by atoms with Crippen LogP contribution in [0.4, 0.5) is 0 Å². The molecule has 4 rings (SSSR count). The van der Waals surface area contributed by atoms with Crippen molar-refractivity contribution in [2.24, 2.45) is 0 Å². The number of rotatable bonds is 5. The molecule has 8 heteroatoms. The number of carbonyl (C=O) groups excluding carboxylic acids is 1. The lowest BCUT2D eigenvalue weighted by Crippen LogP contribution is -2.59. The van der Waals surface area contributed by atoms with Gasteiger partial charge in [0.05, 0.1) is 6.10 Å². The summed E-state index contributed by atoms with van der Waals surface area (Å²) in [7, 11) is 0. The number of benzene rings is 1. The predicted octanol–water partition coefficient (Wildman–Crippen LogP) is 1.76. The van der Waals surface area contributed by atoms with Crippen LogP contribution in [0.2, 0.25) is 0 Å². The Bertz CT molecular complexity index is 785. The predicted molar refractivity (Wildman–Crippen MR) is 89.9 cm³/mol. The lowest BCUT2D eigenvalue weighted by atomic mass is 10.1. The molecule has 0 radical (unpaired) electrons. The van der Waals surface area contributed by atoms with Crippen LogP contribution in [0.3, 0.4) is 0 Å². The van der Waals surface area contributed by atoms with Gasteiger partial charge in [0.15, 0.2) is 11.5 Å². The zero-order chi connectivity index (χ0) is 18.1. The molecule has 1 saturated heterocycles. The average molecular weight is 359 g/mol. The molecule has 0 N–H and O–H groups in total. The Kier molecular flexibility index (Phi) is 4.50. The van der Waals surface area contributed by atoms with Crippen molar-refractivity contribution in [1.29, 1.82) is 0 Å². The molecular weight excluding hydrogens is 338 g/mol. The lowest BCUT2D eigenvalue weighted by molar-refractivity contribution is -0.156. The highest BCUT2D eigenvalue weighted by molar-refractivity contribution is 5.82. The number of hydrogen-bond donors (Lipinski definition) is 0. The van der Waals surface area contributed by atoms with Crippen LogP contribution in [0.1, 0.15) is 31.5 Å². The Morgan fingerprint density at radius 2 is 2.04 bits per heavy atom. The van der Waals surface area contributed by atoms with Gasteiger partial charge >= 0.3 is 0 Å². The van der Waals surface area contributed by atoms with Gasteiger partial charge in [0.25, 0.3) is 5.91 Å². The van der Waals surface area contributed by atoms with E-state index in [9.17, 15) is 4.79 Å². The molecule has 2 aliphatic rings. The second-order valence-corrected chi connectivity index (χ2v) is 6.73. The van der Waals surface area contributed by atoms with Gasteiger partial charge in [-0.05, 0) is 12.1 Å². The zero-order valence-corrected chi connectivity index (χ0v) is 14.8. The molecule has 26 heavy (non-hydrogen) atoms. The Morgan fingerprint density at radius 3 is 2.77 bits per heavy atom. The maximum atomic E-state index is 12.5. The van der Waals surface area contributed by atoms with E-state index in [2.05, 4.69) is 10.2 Å². The van der Waals surface area contributed by atoms with Crippen molar-refractivity contribution >= 4 is 5.91 Å². The molecular formula is C18H21N3O5. The molecule has 1 amide bonds. The minimum Gasteiger partial charge on any atom is -0.485 e. The molecule has 2 aromatic rings. The maximum absolute atomic E-state index is 12.5. The number of hydrogen-bond acceptors (Lipinski definition) is 7. The van der Waals surface area contributed by atoms with E-state index in [0.29, 0.717) is 36.4 Å². The van der Waals surface area contributed by atoms with Crippen LogP contribution in [0, 0.1) is 0 Å². The monoisotopic (exact) mass is 359 g/mol. The zero-order valence-electron chi connectivity index (χ0n) is 14.8. The molecule has 1 atom stereocenters. The fourth-order valence-corrected chi connectivity index (χ4v) is 2.82. The van der Waals surface area contributed by atoms with Crippen LogP contribution < -0.4 is 9.47 Å². The van der Waals surface area contributed by atoms with E-state index in [0.717, 1.165) is 0 Å². The first-order valence-corrected chi connectivity index (χ1v) is 8.71. The lowest BCUT2D eigenvalue weighted by Gasteiger charge is -2.40. The standard InChI is InChI=1S/C18H21N3O5/c1-11(2)17-20-19-16(26-17)10-23-12-7-21(8-12)18(22)15-9-24-13-5-3-4-6-14(13)25-15/h3-6,11-12,15H,7-10H2,1-2H3. The maximum Gasteiger partial charge on any atom is 0.267 e. The summed E-state index contributed by atoms with van der Waals surface area (Å²) in [6, 6.07) is 7.35. The molecule has 0 aliphatic carbocycles. The van der Waals surface area contributed by atoms with Gasteiger partial charge in [0.2, 0.25) is 17.9 Å². The SMILES string of the molecule is CC(C)c1nnc(COC2CN(C(=O)C3COc4ccccc4O3)C2)o1. The van der Waals surface area contributed by atoms with Crippen molar-refractivity contribution in [2.45, 2.75) is 38.6 Å².